The van der Waals surface area contributed by atoms with E-state index in [2.05, 4.69) is 6.58 Å². The summed E-state index contributed by atoms with van der Waals surface area (Å²) in [6.45, 7) is 5.33. The summed E-state index contributed by atoms with van der Waals surface area (Å²) >= 11 is 0. The maximum atomic E-state index is 10.9. The third kappa shape index (κ3) is 6.34. The Morgan fingerprint density at radius 2 is 2.08 bits per heavy atom. The normalized spacial score (nSPS) is 10.2. The van der Waals surface area contributed by atoms with Gasteiger partial charge in [0, 0.05) is 6.54 Å². The van der Waals surface area contributed by atoms with Gasteiger partial charge in [-0.3, -0.25) is 4.79 Å². The first-order valence-corrected chi connectivity index (χ1v) is 3.69. The summed E-state index contributed by atoms with van der Waals surface area (Å²) in [7, 11) is 3.96. The molecular weight excluding hydrogens is 176 g/mol. The lowest BCUT2D eigenvalue weighted by Gasteiger charge is -2.27. The van der Waals surface area contributed by atoms with E-state index in [1.165, 1.54) is 6.08 Å². The number of likely N-dealkylation sites (N-methyl/N-ethyl adjacent to an activating group) is 1. The second-order valence-corrected chi connectivity index (χ2v) is 3.28. The van der Waals surface area contributed by atoms with Crippen LogP contribution in [0.2, 0.25) is 0 Å². The van der Waals surface area contributed by atoms with Gasteiger partial charge in [-0.15, -0.1) is 0 Å². The first kappa shape index (κ1) is 14.2. The average molecular weight is 193 g/mol. The fourth-order valence-electron chi connectivity index (χ4n) is 0.915. The maximum absolute atomic E-state index is 10.9. The van der Waals surface area contributed by atoms with Gasteiger partial charge in [0.1, 0.15) is 6.54 Å². The zero-order valence-electron chi connectivity index (χ0n) is 7.72. The van der Waals surface area contributed by atoms with Gasteiger partial charge in [-0.2, -0.15) is 0 Å². The van der Waals surface area contributed by atoms with Gasteiger partial charge in [0.05, 0.1) is 20.6 Å². The summed E-state index contributed by atoms with van der Waals surface area (Å²) in [5, 5.41) is 0. The Labute approximate surface area is 80.2 Å². The number of hydrogen-bond donors (Lipinski definition) is 1. The van der Waals surface area contributed by atoms with Crippen LogP contribution >= 0.6 is 0 Å². The Hall–Kier alpha value is -0.380. The average Bonchev–Trinajstić information content (AvgIpc) is 1.86. The molecule has 0 amide bonds. The largest absolute Gasteiger partial charge is 1.00 e. The van der Waals surface area contributed by atoms with Crippen molar-refractivity contribution in [3.63, 3.8) is 0 Å². The van der Waals surface area contributed by atoms with Gasteiger partial charge in [-0.25, -0.2) is 0 Å². The van der Waals surface area contributed by atoms with E-state index in [0.717, 1.165) is 6.54 Å². The second kappa shape index (κ2) is 6.17. The quantitative estimate of drug-likeness (QED) is 0.368. The van der Waals surface area contributed by atoms with Crippen LogP contribution in [0.25, 0.3) is 0 Å². The highest BCUT2D eigenvalue weighted by atomic mass is 35.5. The molecule has 3 nitrogen and oxygen atoms in total. The van der Waals surface area contributed by atoms with Gasteiger partial charge in [0.2, 0.25) is 5.78 Å². The summed E-state index contributed by atoms with van der Waals surface area (Å²) in [6, 6.07) is 0. The third-order valence-corrected chi connectivity index (χ3v) is 1.55. The highest BCUT2D eigenvalue weighted by Crippen LogP contribution is 1.95. The van der Waals surface area contributed by atoms with Crippen LogP contribution in [0.3, 0.4) is 0 Å². The second-order valence-electron chi connectivity index (χ2n) is 3.28. The van der Waals surface area contributed by atoms with Crippen LogP contribution in [0.5, 0.6) is 0 Å². The van der Waals surface area contributed by atoms with Crippen LogP contribution in [0.1, 0.15) is 0 Å². The summed E-state index contributed by atoms with van der Waals surface area (Å²) in [5.41, 5.74) is 5.38. The van der Waals surface area contributed by atoms with Gasteiger partial charge in [0.15, 0.2) is 0 Å². The minimum atomic E-state index is 0. The molecule has 0 unspecified atom stereocenters. The van der Waals surface area contributed by atoms with E-state index in [4.69, 9.17) is 5.73 Å². The molecule has 12 heavy (non-hydrogen) atoms. The summed E-state index contributed by atoms with van der Waals surface area (Å²) in [5.74, 6) is 0.0726. The molecule has 72 valence electrons. The molecule has 0 spiro atoms. The van der Waals surface area contributed by atoms with Crippen LogP contribution in [0, 0.1) is 0 Å². The van der Waals surface area contributed by atoms with Gasteiger partial charge in [0.25, 0.3) is 0 Å². The molecule has 2 N–H and O–H groups in total. The third-order valence-electron chi connectivity index (χ3n) is 1.55. The highest BCUT2D eigenvalue weighted by Gasteiger charge is 2.16. The lowest BCUT2D eigenvalue weighted by molar-refractivity contribution is -0.880. The van der Waals surface area contributed by atoms with E-state index in [1.807, 2.05) is 14.1 Å². The molecule has 0 saturated carbocycles. The molecule has 0 atom stereocenters. The van der Waals surface area contributed by atoms with Crippen molar-refractivity contribution in [3.8, 4) is 0 Å². The number of rotatable bonds is 5. The van der Waals surface area contributed by atoms with Crippen LogP contribution in [-0.4, -0.2) is 44.0 Å². The standard InChI is InChI=1S/C8H17N2O.ClH/c1-4-8(11)7-10(2,3)6-5-9;/h4H,1,5-7,9H2,2-3H3;1H/q+1;/p-1. The van der Waals surface area contributed by atoms with Gasteiger partial charge >= 0.3 is 0 Å². The number of nitrogens with zero attached hydrogens (tertiary/aromatic N) is 1. The number of ketones is 1. The number of nitrogens with two attached hydrogens (primary N) is 1. The Balaban J connectivity index is 0. The van der Waals surface area contributed by atoms with E-state index >= 15 is 0 Å². The monoisotopic (exact) mass is 192 g/mol. The van der Waals surface area contributed by atoms with Crippen LogP contribution in [0.4, 0.5) is 0 Å². The van der Waals surface area contributed by atoms with Crippen molar-refractivity contribution >= 4 is 5.78 Å². The van der Waals surface area contributed by atoms with Crippen molar-refractivity contribution < 1.29 is 21.7 Å². The van der Waals surface area contributed by atoms with E-state index in [-0.39, 0.29) is 18.2 Å². The van der Waals surface area contributed by atoms with Crippen molar-refractivity contribution in [3.05, 3.63) is 12.7 Å². The first-order valence-electron chi connectivity index (χ1n) is 3.69. The fourth-order valence-corrected chi connectivity index (χ4v) is 0.915. The molecule has 0 radical (unpaired) electrons. The number of carbonyl (C=O) groups excluding carboxylic acids is 1. The molecule has 0 saturated heterocycles. The Morgan fingerprint density at radius 1 is 1.58 bits per heavy atom. The SMILES string of the molecule is C=CC(=O)C[N+](C)(C)CCN.[Cl-]. The van der Waals surface area contributed by atoms with E-state index in [0.29, 0.717) is 17.6 Å². The molecule has 0 heterocycles. The topological polar surface area (TPSA) is 43.1 Å². The van der Waals surface area contributed by atoms with E-state index in [9.17, 15) is 4.79 Å². The lowest BCUT2D eigenvalue weighted by Crippen LogP contribution is -3.00. The molecule has 0 aromatic heterocycles. The number of hydrogen-bond acceptors (Lipinski definition) is 2. The summed E-state index contributed by atoms with van der Waals surface area (Å²) in [6.07, 6.45) is 1.36. The molecule has 4 heteroatoms. The summed E-state index contributed by atoms with van der Waals surface area (Å²) < 4.78 is 0.640. The van der Waals surface area contributed by atoms with Crippen molar-refractivity contribution in [1.82, 2.24) is 0 Å². The summed E-state index contributed by atoms with van der Waals surface area (Å²) in [4.78, 5) is 10.9. The number of quaternary nitrogens is 1. The van der Waals surface area contributed by atoms with Crippen molar-refractivity contribution in [1.29, 1.82) is 0 Å². The molecule has 0 rings (SSSR count). The number of carbonyl (C=O) groups is 1. The lowest BCUT2D eigenvalue weighted by atomic mass is 10.3. The van der Waals surface area contributed by atoms with Crippen LogP contribution in [-0.2, 0) is 4.79 Å². The molecule has 0 aromatic carbocycles. The smallest absolute Gasteiger partial charge is 0.209 e. The van der Waals surface area contributed by atoms with Crippen LogP contribution < -0.4 is 18.1 Å². The van der Waals surface area contributed by atoms with Crippen molar-refractivity contribution in [2.75, 3.05) is 33.7 Å². The highest BCUT2D eigenvalue weighted by molar-refractivity contribution is 5.90. The molecule has 0 aliphatic carbocycles. The van der Waals surface area contributed by atoms with Gasteiger partial charge in [-0.1, -0.05) is 6.58 Å². The Kier molecular flexibility index (Phi) is 7.28. The minimum absolute atomic E-state index is 0. The fraction of sp³-hybridized carbons (Fsp3) is 0.625. The molecule has 0 aromatic rings. The molecule has 0 aliphatic rings. The van der Waals surface area contributed by atoms with Gasteiger partial charge in [-0.05, 0) is 6.08 Å². The number of halogens is 1. The first-order chi connectivity index (χ1) is 5.02. The van der Waals surface area contributed by atoms with Crippen molar-refractivity contribution in [2.24, 2.45) is 5.73 Å². The Morgan fingerprint density at radius 3 is 2.42 bits per heavy atom. The van der Waals surface area contributed by atoms with Crippen LogP contribution in [0.15, 0.2) is 12.7 Å². The van der Waals surface area contributed by atoms with Crippen molar-refractivity contribution in [2.45, 2.75) is 0 Å². The molecular formula is C8H17ClN2O. The predicted molar refractivity (Wildman–Crippen MR) is 46.1 cm³/mol. The maximum Gasteiger partial charge on any atom is 0.209 e. The Bertz CT molecular complexity index is 157. The zero-order chi connectivity index (χ0) is 8.91. The molecule has 0 aliphatic heterocycles. The van der Waals surface area contributed by atoms with Gasteiger partial charge < -0.3 is 22.6 Å². The molecule has 0 fully saturated rings. The van der Waals surface area contributed by atoms with E-state index < -0.39 is 0 Å². The van der Waals surface area contributed by atoms with E-state index in [1.54, 1.807) is 0 Å². The zero-order valence-corrected chi connectivity index (χ0v) is 8.47. The predicted octanol–water partition coefficient (Wildman–Crippen LogP) is -3.22. The molecule has 0 bridgehead atoms. The minimum Gasteiger partial charge on any atom is -1.00 e.